The van der Waals surface area contributed by atoms with E-state index in [1.54, 1.807) is 46.3 Å². The van der Waals surface area contributed by atoms with Gasteiger partial charge in [-0.05, 0) is 83.9 Å². The van der Waals surface area contributed by atoms with Crippen LogP contribution in [0.5, 0.6) is 11.5 Å². The molecule has 0 aromatic heterocycles. The Morgan fingerprint density at radius 1 is 0.750 bits per heavy atom. The SMILES string of the molecule is CCOC(C)(C)c1ccc(/C=C/C(=O)CC(=O)/C=C/c2ccc(C(C)(C)OCC(C)(C)O)c(OC)c2)cc1OC. The summed E-state index contributed by atoms with van der Waals surface area (Å²) in [6.45, 7) is 13.8. The van der Waals surface area contributed by atoms with Gasteiger partial charge in [0.1, 0.15) is 11.5 Å². The Kier molecular flexibility index (Phi) is 11.4. The molecule has 0 saturated heterocycles. The highest BCUT2D eigenvalue weighted by Gasteiger charge is 2.28. The zero-order valence-electron chi connectivity index (χ0n) is 25.3. The van der Waals surface area contributed by atoms with Crippen molar-refractivity contribution in [3.05, 3.63) is 70.8 Å². The molecule has 0 bridgehead atoms. The Balaban J connectivity index is 2.06. The van der Waals surface area contributed by atoms with Gasteiger partial charge in [-0.15, -0.1) is 0 Å². The molecule has 0 unspecified atom stereocenters. The Bertz CT molecular complexity index is 1230. The van der Waals surface area contributed by atoms with E-state index in [0.29, 0.717) is 18.1 Å². The Morgan fingerprint density at radius 2 is 1.18 bits per heavy atom. The number of carbonyl (C=O) groups is 2. The van der Waals surface area contributed by atoms with Gasteiger partial charge in [0.25, 0.3) is 0 Å². The van der Waals surface area contributed by atoms with E-state index in [-0.39, 0.29) is 24.6 Å². The number of hydrogen-bond donors (Lipinski definition) is 1. The highest BCUT2D eigenvalue weighted by molar-refractivity contribution is 6.10. The Hall–Kier alpha value is -3.26. The first-order valence-corrected chi connectivity index (χ1v) is 13.4. The molecule has 0 amide bonds. The van der Waals surface area contributed by atoms with E-state index in [9.17, 15) is 14.7 Å². The van der Waals surface area contributed by atoms with E-state index >= 15 is 0 Å². The fraction of sp³-hybridized carbons (Fsp3) is 0.455. The lowest BCUT2D eigenvalue weighted by Gasteiger charge is -2.31. The second-order valence-electron chi connectivity index (χ2n) is 11.3. The minimum atomic E-state index is -0.960. The molecule has 0 fully saturated rings. The maximum Gasteiger partial charge on any atom is 0.163 e. The second kappa shape index (κ2) is 13.9. The van der Waals surface area contributed by atoms with Crippen LogP contribution >= 0.6 is 0 Å². The minimum absolute atomic E-state index is 0.159. The average molecular weight is 553 g/mol. The summed E-state index contributed by atoms with van der Waals surface area (Å²) in [7, 11) is 3.16. The van der Waals surface area contributed by atoms with Crippen molar-refractivity contribution in [3.63, 3.8) is 0 Å². The Morgan fingerprint density at radius 3 is 1.55 bits per heavy atom. The number of ketones is 2. The second-order valence-corrected chi connectivity index (χ2v) is 11.3. The van der Waals surface area contributed by atoms with Crippen LogP contribution in [0, 0.1) is 0 Å². The fourth-order valence-corrected chi connectivity index (χ4v) is 4.16. The third kappa shape index (κ3) is 9.73. The van der Waals surface area contributed by atoms with Crippen LogP contribution in [0.3, 0.4) is 0 Å². The molecule has 0 saturated carbocycles. The zero-order valence-corrected chi connectivity index (χ0v) is 25.3. The van der Waals surface area contributed by atoms with Crippen molar-refractivity contribution < 1.29 is 33.6 Å². The van der Waals surface area contributed by atoms with Crippen LogP contribution in [-0.4, -0.2) is 49.7 Å². The largest absolute Gasteiger partial charge is 0.496 e. The highest BCUT2D eigenvalue weighted by atomic mass is 16.5. The summed E-state index contributed by atoms with van der Waals surface area (Å²) in [6.07, 6.45) is 5.88. The number of hydrogen-bond acceptors (Lipinski definition) is 7. The molecule has 1 N–H and O–H groups in total. The third-order valence-electron chi connectivity index (χ3n) is 6.31. The standard InChI is InChI=1S/C33H44O7/c1-10-39-32(4,5)27-17-13-23(19-29(27)37-8)11-15-25(34)21-26(35)16-12-24-14-18-28(30(20-24)38-9)33(6,7)40-22-31(2,3)36/h11-20,36H,10,21-22H2,1-9H3/b15-11+,16-12+. The lowest BCUT2D eigenvalue weighted by Crippen LogP contribution is -2.33. The van der Waals surface area contributed by atoms with Gasteiger partial charge in [-0.2, -0.15) is 0 Å². The van der Waals surface area contributed by atoms with Crippen molar-refractivity contribution in [2.24, 2.45) is 0 Å². The van der Waals surface area contributed by atoms with Crippen LogP contribution in [0.25, 0.3) is 12.2 Å². The number of carbonyl (C=O) groups excluding carboxylic acids is 2. The average Bonchev–Trinajstić information content (AvgIpc) is 2.88. The molecular formula is C33H44O7. The molecule has 0 heterocycles. The van der Waals surface area contributed by atoms with Crippen molar-refractivity contribution in [3.8, 4) is 11.5 Å². The van der Waals surface area contributed by atoms with Crippen LogP contribution in [0.4, 0.5) is 0 Å². The van der Waals surface area contributed by atoms with Gasteiger partial charge in [0.05, 0.1) is 44.1 Å². The summed E-state index contributed by atoms with van der Waals surface area (Å²) in [6, 6.07) is 11.2. The van der Waals surface area contributed by atoms with Crippen LogP contribution in [0.15, 0.2) is 48.6 Å². The number of methoxy groups -OCH3 is 2. The van der Waals surface area contributed by atoms with Gasteiger partial charge in [0, 0.05) is 17.7 Å². The first-order chi connectivity index (χ1) is 18.6. The van der Waals surface area contributed by atoms with E-state index in [2.05, 4.69) is 0 Å². The predicted molar refractivity (Wildman–Crippen MR) is 159 cm³/mol. The van der Waals surface area contributed by atoms with Crippen LogP contribution in [0.2, 0.25) is 0 Å². The van der Waals surface area contributed by atoms with Crippen molar-refractivity contribution in [2.75, 3.05) is 27.4 Å². The lowest BCUT2D eigenvalue weighted by molar-refractivity contribution is -0.121. The van der Waals surface area contributed by atoms with Crippen LogP contribution in [-0.2, 0) is 30.3 Å². The maximum absolute atomic E-state index is 12.5. The molecule has 0 radical (unpaired) electrons. The van der Waals surface area contributed by atoms with Gasteiger partial charge in [-0.1, -0.05) is 36.4 Å². The molecule has 0 spiro atoms. The monoisotopic (exact) mass is 552 g/mol. The normalized spacial score (nSPS) is 12.8. The van der Waals surface area contributed by atoms with Gasteiger partial charge >= 0.3 is 0 Å². The van der Waals surface area contributed by atoms with Crippen molar-refractivity contribution in [1.29, 1.82) is 0 Å². The maximum atomic E-state index is 12.5. The van der Waals surface area contributed by atoms with Crippen molar-refractivity contribution in [1.82, 2.24) is 0 Å². The molecule has 0 aliphatic carbocycles. The molecule has 2 rings (SSSR count). The first-order valence-electron chi connectivity index (χ1n) is 13.4. The van der Waals surface area contributed by atoms with Crippen molar-refractivity contribution in [2.45, 2.75) is 71.7 Å². The number of ether oxygens (including phenoxy) is 4. The molecule has 2 aromatic carbocycles. The smallest absolute Gasteiger partial charge is 0.163 e. The summed E-state index contributed by atoms with van der Waals surface area (Å²) in [4.78, 5) is 24.9. The zero-order chi connectivity index (χ0) is 30.1. The predicted octanol–water partition coefficient (Wildman–Crippen LogP) is 6.25. The van der Waals surface area contributed by atoms with E-state index in [1.165, 1.54) is 12.2 Å². The van der Waals surface area contributed by atoms with E-state index in [0.717, 1.165) is 22.3 Å². The number of allylic oxidation sites excluding steroid dienone is 2. The molecule has 0 atom stereocenters. The number of benzene rings is 2. The van der Waals surface area contributed by atoms with Crippen LogP contribution < -0.4 is 9.47 Å². The summed E-state index contributed by atoms with van der Waals surface area (Å²) in [5.74, 6) is 0.657. The van der Waals surface area contributed by atoms with Crippen molar-refractivity contribution >= 4 is 23.7 Å². The van der Waals surface area contributed by atoms with Gasteiger partial charge in [-0.3, -0.25) is 9.59 Å². The quantitative estimate of drug-likeness (QED) is 0.206. The van der Waals surface area contributed by atoms with E-state index in [4.69, 9.17) is 18.9 Å². The summed E-state index contributed by atoms with van der Waals surface area (Å²) in [5.41, 5.74) is 1.08. The van der Waals surface area contributed by atoms with Gasteiger partial charge in [0.15, 0.2) is 11.6 Å². The molecule has 218 valence electrons. The summed E-state index contributed by atoms with van der Waals surface area (Å²) < 4.78 is 22.9. The topological polar surface area (TPSA) is 91.3 Å². The fourth-order valence-electron chi connectivity index (χ4n) is 4.16. The van der Waals surface area contributed by atoms with Gasteiger partial charge < -0.3 is 24.1 Å². The first kappa shape index (κ1) is 32.9. The molecular weight excluding hydrogens is 508 g/mol. The van der Waals surface area contributed by atoms with E-state index in [1.807, 2.05) is 65.0 Å². The third-order valence-corrected chi connectivity index (χ3v) is 6.31. The molecule has 7 nitrogen and oxygen atoms in total. The van der Waals surface area contributed by atoms with E-state index < -0.39 is 16.8 Å². The number of rotatable bonds is 15. The molecule has 0 aliphatic rings. The molecule has 40 heavy (non-hydrogen) atoms. The molecule has 2 aromatic rings. The highest BCUT2D eigenvalue weighted by Crippen LogP contribution is 2.35. The molecule has 0 aliphatic heterocycles. The minimum Gasteiger partial charge on any atom is -0.496 e. The number of aliphatic hydroxyl groups is 1. The summed E-state index contributed by atoms with van der Waals surface area (Å²) in [5, 5.41) is 10.0. The van der Waals surface area contributed by atoms with Crippen LogP contribution in [0.1, 0.15) is 77.1 Å². The van der Waals surface area contributed by atoms with Gasteiger partial charge in [0.2, 0.25) is 0 Å². The van der Waals surface area contributed by atoms with Gasteiger partial charge in [-0.25, -0.2) is 0 Å². The lowest BCUT2D eigenvalue weighted by atomic mass is 9.95. The summed E-state index contributed by atoms with van der Waals surface area (Å²) >= 11 is 0. The molecule has 7 heteroatoms. The Labute approximate surface area is 238 Å².